The van der Waals surface area contributed by atoms with Crippen LogP contribution in [0.3, 0.4) is 0 Å². The third-order valence-electron chi connectivity index (χ3n) is 4.99. The van der Waals surface area contributed by atoms with E-state index in [-0.39, 0.29) is 18.4 Å². The van der Waals surface area contributed by atoms with Gasteiger partial charge in [-0.3, -0.25) is 4.98 Å². The lowest BCUT2D eigenvalue weighted by molar-refractivity contribution is -0.141. The molecule has 144 valence electrons. The van der Waals surface area contributed by atoms with Crippen LogP contribution in [-0.2, 0) is 16.2 Å². The van der Waals surface area contributed by atoms with E-state index in [4.69, 9.17) is 0 Å². The van der Waals surface area contributed by atoms with Crippen molar-refractivity contribution in [1.82, 2.24) is 9.29 Å². The van der Waals surface area contributed by atoms with Crippen LogP contribution in [0, 0.1) is 5.82 Å². The number of sulfonamides is 1. The van der Waals surface area contributed by atoms with Gasteiger partial charge in [0.1, 0.15) is 16.4 Å². The van der Waals surface area contributed by atoms with Gasteiger partial charge in [0.05, 0.1) is 18.2 Å². The summed E-state index contributed by atoms with van der Waals surface area (Å²) in [5.74, 6) is -0.570. The Balaban J connectivity index is 1.78. The van der Waals surface area contributed by atoms with E-state index >= 15 is 0 Å². The van der Waals surface area contributed by atoms with Crippen molar-refractivity contribution in [2.45, 2.75) is 42.1 Å². The molecule has 5 nitrogen and oxygen atoms in total. The van der Waals surface area contributed by atoms with E-state index in [2.05, 4.69) is 4.98 Å². The lowest BCUT2D eigenvalue weighted by Gasteiger charge is -2.36. The molecule has 3 heterocycles. The number of halogens is 4. The first-order chi connectivity index (χ1) is 12.6. The number of nitrogens with zero attached hydrogens (tertiary/aromatic N) is 2. The summed E-state index contributed by atoms with van der Waals surface area (Å²) in [5.41, 5.74) is -0.518. The number of alkyl halides is 3. The Morgan fingerprint density at radius 3 is 2.44 bits per heavy atom. The Morgan fingerprint density at radius 2 is 1.81 bits per heavy atom. The fraction of sp³-hybridized carbons (Fsp3) is 0.353. The average molecular weight is 402 g/mol. The molecule has 2 aromatic rings. The van der Waals surface area contributed by atoms with E-state index in [1.165, 1.54) is 12.1 Å². The number of aliphatic hydroxyl groups is 1. The standard InChI is InChI=1S/C17H14F4N2O3S/c18-12-3-1-2-11-13-6-9(24)7-14(16(11)12)23(13)27(25,26)10-4-5-15(22-8-10)17(19,20)21/h1-5,8-9,13-14,24H,6-7H2. The van der Waals surface area contributed by atoms with E-state index in [1.54, 1.807) is 6.07 Å². The maximum absolute atomic E-state index is 14.4. The highest BCUT2D eigenvalue weighted by molar-refractivity contribution is 7.89. The molecule has 0 aliphatic carbocycles. The Hall–Kier alpha value is -2.04. The van der Waals surface area contributed by atoms with Crippen LogP contribution in [0.25, 0.3) is 0 Å². The van der Waals surface area contributed by atoms with Crippen molar-refractivity contribution in [2.24, 2.45) is 0 Å². The van der Waals surface area contributed by atoms with Crippen LogP contribution >= 0.6 is 0 Å². The summed E-state index contributed by atoms with van der Waals surface area (Å²) in [6, 6.07) is 4.04. The first-order valence-corrected chi connectivity index (χ1v) is 9.58. The van der Waals surface area contributed by atoms with Gasteiger partial charge >= 0.3 is 6.18 Å². The Bertz CT molecular complexity index is 992. The second-order valence-corrected chi connectivity index (χ2v) is 8.45. The number of rotatable bonds is 2. The minimum Gasteiger partial charge on any atom is -0.393 e. The van der Waals surface area contributed by atoms with E-state index in [9.17, 15) is 31.1 Å². The van der Waals surface area contributed by atoms with E-state index < -0.39 is 50.8 Å². The lowest BCUT2D eigenvalue weighted by atomic mass is 10.0. The Kier molecular flexibility index (Phi) is 4.06. The molecule has 3 unspecified atom stereocenters. The average Bonchev–Trinajstić information content (AvgIpc) is 2.81. The van der Waals surface area contributed by atoms with Gasteiger partial charge in [-0.05, 0) is 36.6 Å². The summed E-state index contributed by atoms with van der Waals surface area (Å²) in [6.45, 7) is 0. The summed E-state index contributed by atoms with van der Waals surface area (Å²) in [7, 11) is -4.24. The van der Waals surface area contributed by atoms with Crippen molar-refractivity contribution < 1.29 is 31.1 Å². The molecule has 3 atom stereocenters. The van der Waals surface area contributed by atoms with Crippen molar-refractivity contribution in [2.75, 3.05) is 0 Å². The van der Waals surface area contributed by atoms with Gasteiger partial charge in [0.25, 0.3) is 0 Å². The number of hydrogen-bond acceptors (Lipinski definition) is 4. The maximum atomic E-state index is 14.4. The minimum absolute atomic E-state index is 0.0116. The molecule has 1 N–H and O–H groups in total. The zero-order valence-electron chi connectivity index (χ0n) is 13.7. The lowest BCUT2D eigenvalue weighted by Crippen LogP contribution is -2.40. The molecular formula is C17H14F4N2O3S. The van der Waals surface area contributed by atoms with E-state index in [0.717, 1.165) is 10.4 Å². The summed E-state index contributed by atoms with van der Waals surface area (Å²) < 4.78 is 79.7. The molecule has 2 bridgehead atoms. The molecule has 27 heavy (non-hydrogen) atoms. The van der Waals surface area contributed by atoms with Crippen LogP contribution in [0.2, 0.25) is 0 Å². The number of aliphatic hydroxyl groups excluding tert-OH is 1. The van der Waals surface area contributed by atoms with Gasteiger partial charge < -0.3 is 5.11 Å². The quantitative estimate of drug-likeness (QED) is 0.784. The summed E-state index contributed by atoms with van der Waals surface area (Å²) in [6.07, 6.45) is -4.73. The monoisotopic (exact) mass is 402 g/mol. The van der Waals surface area contributed by atoms with E-state index in [1.807, 2.05) is 0 Å². The molecule has 0 saturated carbocycles. The highest BCUT2D eigenvalue weighted by atomic mass is 32.2. The minimum atomic E-state index is -4.68. The Morgan fingerprint density at radius 1 is 1.11 bits per heavy atom. The topological polar surface area (TPSA) is 70.5 Å². The van der Waals surface area contributed by atoms with Crippen LogP contribution in [0.4, 0.5) is 17.6 Å². The van der Waals surface area contributed by atoms with Gasteiger partial charge in [-0.15, -0.1) is 0 Å². The molecule has 2 aliphatic rings. The largest absolute Gasteiger partial charge is 0.433 e. The van der Waals surface area contributed by atoms with Crippen LogP contribution in [0.15, 0.2) is 41.4 Å². The van der Waals surface area contributed by atoms with E-state index in [0.29, 0.717) is 17.8 Å². The van der Waals surface area contributed by atoms with Gasteiger partial charge in [0, 0.05) is 11.8 Å². The molecule has 4 rings (SSSR count). The zero-order chi connectivity index (χ0) is 19.6. The molecule has 1 saturated heterocycles. The van der Waals surface area contributed by atoms with Crippen molar-refractivity contribution in [3.63, 3.8) is 0 Å². The van der Waals surface area contributed by atoms with Gasteiger partial charge in [-0.1, -0.05) is 12.1 Å². The molecule has 1 aromatic heterocycles. The highest BCUT2D eigenvalue weighted by Gasteiger charge is 2.51. The summed E-state index contributed by atoms with van der Waals surface area (Å²) >= 11 is 0. The van der Waals surface area contributed by atoms with Crippen molar-refractivity contribution in [3.8, 4) is 0 Å². The summed E-state index contributed by atoms with van der Waals surface area (Å²) in [5, 5.41) is 10.1. The smallest absolute Gasteiger partial charge is 0.393 e. The van der Waals surface area contributed by atoms with Gasteiger partial charge in [0.15, 0.2) is 0 Å². The first kappa shape index (κ1) is 18.3. The second kappa shape index (κ2) is 5.98. The van der Waals surface area contributed by atoms with Gasteiger partial charge in [-0.25, -0.2) is 12.8 Å². The van der Waals surface area contributed by atoms with Crippen LogP contribution in [-0.4, -0.2) is 28.9 Å². The van der Waals surface area contributed by atoms with Crippen molar-refractivity contribution in [1.29, 1.82) is 0 Å². The third-order valence-corrected chi connectivity index (χ3v) is 6.89. The number of fused-ring (bicyclic) bond motifs is 5. The molecule has 2 aliphatic heterocycles. The molecule has 0 amide bonds. The third kappa shape index (κ3) is 2.82. The number of aromatic nitrogens is 1. The SMILES string of the molecule is O=S(=O)(c1ccc(C(F)(F)F)nc1)N1C2CC(O)CC1c1c(F)cccc12. The fourth-order valence-corrected chi connectivity index (χ4v) is 5.63. The highest BCUT2D eigenvalue weighted by Crippen LogP contribution is 2.53. The first-order valence-electron chi connectivity index (χ1n) is 8.14. The second-order valence-electron chi connectivity index (χ2n) is 6.61. The van der Waals surface area contributed by atoms with Crippen molar-refractivity contribution in [3.05, 3.63) is 59.2 Å². The number of piperidine rings is 1. The number of pyridine rings is 1. The molecule has 0 radical (unpaired) electrons. The van der Waals surface area contributed by atoms with Gasteiger partial charge in [-0.2, -0.15) is 17.5 Å². The maximum Gasteiger partial charge on any atom is 0.433 e. The number of hydrogen-bond donors (Lipinski definition) is 1. The van der Waals surface area contributed by atoms with Crippen molar-refractivity contribution >= 4 is 10.0 Å². The Labute approximate surface area is 152 Å². The van der Waals surface area contributed by atoms with Crippen LogP contribution < -0.4 is 0 Å². The zero-order valence-corrected chi connectivity index (χ0v) is 14.5. The predicted octanol–water partition coefficient (Wildman–Crippen LogP) is 3.18. The number of benzene rings is 1. The van der Waals surface area contributed by atoms with Crippen LogP contribution in [0.5, 0.6) is 0 Å². The molecule has 1 fully saturated rings. The molecule has 0 spiro atoms. The van der Waals surface area contributed by atoms with Crippen LogP contribution in [0.1, 0.15) is 41.7 Å². The van der Waals surface area contributed by atoms with Gasteiger partial charge in [0.2, 0.25) is 10.0 Å². The molecular weight excluding hydrogens is 388 g/mol. The fourth-order valence-electron chi connectivity index (χ4n) is 3.90. The molecule has 10 heteroatoms. The molecule has 1 aromatic carbocycles. The normalized spacial score (nSPS) is 25.4. The predicted molar refractivity (Wildman–Crippen MR) is 85.4 cm³/mol. The summed E-state index contributed by atoms with van der Waals surface area (Å²) in [4.78, 5) is 2.80.